The molecule has 2 aromatic heterocycles. The number of nitriles is 1. The van der Waals surface area contributed by atoms with Crippen molar-refractivity contribution < 1.29 is 0 Å². The molecule has 0 unspecified atom stereocenters. The van der Waals surface area contributed by atoms with Gasteiger partial charge in [-0.1, -0.05) is 32.0 Å². The third-order valence-electron chi connectivity index (χ3n) is 3.62. The first-order valence-electron chi connectivity index (χ1n) is 7.98. The number of rotatable bonds is 2. The molecule has 0 atom stereocenters. The molecule has 0 radical (unpaired) electrons. The summed E-state index contributed by atoms with van der Waals surface area (Å²) in [7, 11) is 0. The van der Waals surface area contributed by atoms with Crippen LogP contribution < -0.4 is 5.32 Å². The second-order valence-electron chi connectivity index (χ2n) is 5.03. The molecule has 118 valence electrons. The van der Waals surface area contributed by atoms with E-state index in [9.17, 15) is 0 Å². The molecular formula is C20H18N4. The Hall–Kier alpha value is -3.32. The smallest absolute Gasteiger partial charge is 0.155 e. The Kier molecular flexibility index (Phi) is 4.44. The highest BCUT2D eigenvalue weighted by Crippen LogP contribution is 2.25. The lowest BCUT2D eigenvalue weighted by Gasteiger charge is -2.10. The monoisotopic (exact) mass is 314 g/mol. The number of hydrogen-bond acceptors (Lipinski definition) is 3. The maximum absolute atomic E-state index is 9.07. The summed E-state index contributed by atoms with van der Waals surface area (Å²) < 4.78 is 2.08. The van der Waals surface area contributed by atoms with Crippen molar-refractivity contribution in [3.8, 4) is 6.07 Å². The molecule has 2 aromatic carbocycles. The van der Waals surface area contributed by atoms with Gasteiger partial charge < -0.3 is 9.72 Å². The molecule has 0 bridgehead atoms. The maximum atomic E-state index is 9.07. The molecule has 0 spiro atoms. The first-order valence-corrected chi connectivity index (χ1v) is 7.98. The largest absolute Gasteiger partial charge is 0.338 e. The third-order valence-corrected chi connectivity index (χ3v) is 3.62. The van der Waals surface area contributed by atoms with E-state index in [1.54, 1.807) is 0 Å². The number of benzene rings is 2. The van der Waals surface area contributed by atoms with Gasteiger partial charge in [-0.25, -0.2) is 4.98 Å². The summed E-state index contributed by atoms with van der Waals surface area (Å²) in [6, 6.07) is 21.7. The predicted octanol–water partition coefficient (Wildman–Crippen LogP) is 5.13. The Balaban J connectivity index is 0.000000815. The van der Waals surface area contributed by atoms with Crippen molar-refractivity contribution in [2.75, 3.05) is 5.32 Å². The van der Waals surface area contributed by atoms with Gasteiger partial charge in [-0.05, 0) is 42.5 Å². The highest BCUT2D eigenvalue weighted by Gasteiger charge is 2.08. The Bertz CT molecular complexity index is 1010. The minimum Gasteiger partial charge on any atom is -0.338 e. The van der Waals surface area contributed by atoms with Crippen LogP contribution in [0, 0.1) is 11.3 Å². The molecule has 24 heavy (non-hydrogen) atoms. The zero-order chi connectivity index (χ0) is 16.9. The summed E-state index contributed by atoms with van der Waals surface area (Å²) in [6.07, 6.45) is 2.00. The molecule has 0 aliphatic carbocycles. The summed E-state index contributed by atoms with van der Waals surface area (Å²) in [5.74, 6) is 0.777. The van der Waals surface area contributed by atoms with E-state index in [1.807, 2.05) is 80.7 Å². The molecule has 0 amide bonds. The fourth-order valence-electron chi connectivity index (χ4n) is 2.60. The van der Waals surface area contributed by atoms with Gasteiger partial charge in [-0.3, -0.25) is 0 Å². The minimum atomic E-state index is 0.608. The first kappa shape index (κ1) is 15.6. The standard InChI is InChI=1S/C18H12N4.C2H6/c19-12-13-8-9-16-15(11-13)21-18(17-7-4-10-22(16)17)20-14-5-2-1-3-6-14;1-2/h1-11H,(H,20,21);1-2H3. The number of aromatic nitrogens is 2. The molecule has 0 saturated heterocycles. The fourth-order valence-corrected chi connectivity index (χ4v) is 2.60. The Morgan fingerprint density at radius 2 is 1.75 bits per heavy atom. The van der Waals surface area contributed by atoms with Gasteiger partial charge in [0.1, 0.15) is 0 Å². The SMILES string of the molecule is CC.N#Cc1ccc2c(c1)nc(Nc1ccccc1)c1cccn12. The van der Waals surface area contributed by atoms with E-state index in [0.717, 1.165) is 28.1 Å². The Morgan fingerprint density at radius 1 is 0.958 bits per heavy atom. The zero-order valence-electron chi connectivity index (χ0n) is 13.7. The van der Waals surface area contributed by atoms with Gasteiger partial charge in [0.2, 0.25) is 0 Å². The second kappa shape index (κ2) is 6.84. The highest BCUT2D eigenvalue weighted by molar-refractivity contribution is 5.86. The summed E-state index contributed by atoms with van der Waals surface area (Å²) in [6.45, 7) is 4.00. The average Bonchev–Trinajstić information content (AvgIpc) is 3.14. The molecule has 1 N–H and O–H groups in total. The third kappa shape index (κ3) is 2.80. The van der Waals surface area contributed by atoms with Gasteiger partial charge in [-0.2, -0.15) is 5.26 Å². The van der Waals surface area contributed by atoms with Crippen LogP contribution in [0.5, 0.6) is 0 Å². The molecular weight excluding hydrogens is 296 g/mol. The van der Waals surface area contributed by atoms with Gasteiger partial charge in [0.05, 0.1) is 28.2 Å². The quantitative estimate of drug-likeness (QED) is 0.558. The van der Waals surface area contributed by atoms with E-state index in [4.69, 9.17) is 10.2 Å². The molecule has 4 aromatic rings. The van der Waals surface area contributed by atoms with Crippen molar-refractivity contribution in [3.05, 3.63) is 72.4 Å². The normalized spacial score (nSPS) is 10.0. The molecule has 0 fully saturated rings. The topological polar surface area (TPSA) is 53.1 Å². The lowest BCUT2D eigenvalue weighted by molar-refractivity contribution is 1.22. The molecule has 4 heteroatoms. The van der Waals surface area contributed by atoms with Crippen LogP contribution in [0.2, 0.25) is 0 Å². The van der Waals surface area contributed by atoms with Crippen molar-refractivity contribution in [1.82, 2.24) is 9.38 Å². The van der Waals surface area contributed by atoms with Crippen molar-refractivity contribution in [2.45, 2.75) is 13.8 Å². The number of para-hydroxylation sites is 1. The van der Waals surface area contributed by atoms with Crippen LogP contribution in [-0.2, 0) is 0 Å². The van der Waals surface area contributed by atoms with E-state index in [1.165, 1.54) is 0 Å². The van der Waals surface area contributed by atoms with E-state index in [-0.39, 0.29) is 0 Å². The minimum absolute atomic E-state index is 0.608. The van der Waals surface area contributed by atoms with Crippen LogP contribution >= 0.6 is 0 Å². The summed E-state index contributed by atoms with van der Waals surface area (Å²) >= 11 is 0. The highest BCUT2D eigenvalue weighted by atomic mass is 15.1. The number of anilines is 2. The van der Waals surface area contributed by atoms with E-state index in [0.29, 0.717) is 5.56 Å². The van der Waals surface area contributed by atoms with Crippen molar-refractivity contribution in [2.24, 2.45) is 0 Å². The van der Waals surface area contributed by atoms with Crippen LogP contribution in [0.4, 0.5) is 11.5 Å². The lowest BCUT2D eigenvalue weighted by atomic mass is 10.2. The van der Waals surface area contributed by atoms with E-state index >= 15 is 0 Å². The summed E-state index contributed by atoms with van der Waals surface area (Å²) in [5.41, 5.74) is 4.37. The van der Waals surface area contributed by atoms with Crippen LogP contribution in [0.25, 0.3) is 16.6 Å². The second-order valence-corrected chi connectivity index (χ2v) is 5.03. The van der Waals surface area contributed by atoms with E-state index < -0.39 is 0 Å². The molecule has 4 nitrogen and oxygen atoms in total. The van der Waals surface area contributed by atoms with Crippen LogP contribution in [-0.4, -0.2) is 9.38 Å². The Labute approximate surface area is 141 Å². The average molecular weight is 314 g/mol. The molecule has 0 saturated carbocycles. The van der Waals surface area contributed by atoms with Crippen molar-refractivity contribution >= 4 is 28.1 Å². The number of fused-ring (bicyclic) bond motifs is 3. The van der Waals surface area contributed by atoms with E-state index in [2.05, 4.69) is 15.8 Å². The predicted molar refractivity (Wildman–Crippen MR) is 98.5 cm³/mol. The fraction of sp³-hybridized carbons (Fsp3) is 0.100. The van der Waals surface area contributed by atoms with Crippen LogP contribution in [0.15, 0.2) is 66.9 Å². The molecule has 0 aliphatic rings. The molecule has 0 aliphatic heterocycles. The molecule has 2 heterocycles. The van der Waals surface area contributed by atoms with Gasteiger partial charge in [-0.15, -0.1) is 0 Å². The van der Waals surface area contributed by atoms with Crippen LogP contribution in [0.1, 0.15) is 19.4 Å². The number of nitrogens with zero attached hydrogens (tertiary/aromatic N) is 3. The van der Waals surface area contributed by atoms with Crippen molar-refractivity contribution in [1.29, 1.82) is 5.26 Å². The maximum Gasteiger partial charge on any atom is 0.155 e. The number of hydrogen-bond donors (Lipinski definition) is 1. The number of nitrogens with one attached hydrogen (secondary N) is 1. The van der Waals surface area contributed by atoms with Crippen molar-refractivity contribution in [3.63, 3.8) is 0 Å². The first-order chi connectivity index (χ1) is 11.8. The lowest BCUT2D eigenvalue weighted by Crippen LogP contribution is -1.99. The van der Waals surface area contributed by atoms with Crippen LogP contribution in [0.3, 0.4) is 0 Å². The van der Waals surface area contributed by atoms with Gasteiger partial charge in [0, 0.05) is 11.9 Å². The van der Waals surface area contributed by atoms with Gasteiger partial charge in [0.15, 0.2) is 5.82 Å². The summed E-state index contributed by atoms with van der Waals surface area (Å²) in [5, 5.41) is 12.4. The summed E-state index contributed by atoms with van der Waals surface area (Å²) in [4.78, 5) is 4.70. The molecule has 4 rings (SSSR count). The Morgan fingerprint density at radius 3 is 2.50 bits per heavy atom. The van der Waals surface area contributed by atoms with Gasteiger partial charge >= 0.3 is 0 Å². The zero-order valence-corrected chi connectivity index (χ0v) is 13.7. The van der Waals surface area contributed by atoms with Gasteiger partial charge in [0.25, 0.3) is 0 Å².